The molecule has 1 saturated heterocycles. The maximum absolute atomic E-state index is 5.20. The van der Waals surface area contributed by atoms with Crippen LogP contribution in [0.4, 0.5) is 0 Å². The van der Waals surface area contributed by atoms with Gasteiger partial charge in [0, 0.05) is 5.54 Å². The van der Waals surface area contributed by atoms with E-state index in [9.17, 15) is 0 Å². The summed E-state index contributed by atoms with van der Waals surface area (Å²) in [6.45, 7) is 3.43. The second-order valence-electron chi connectivity index (χ2n) is 4.27. The first-order valence-electron chi connectivity index (χ1n) is 5.10. The fourth-order valence-corrected chi connectivity index (χ4v) is 1.94. The van der Waals surface area contributed by atoms with Crippen LogP contribution in [0.25, 0.3) is 0 Å². The zero-order valence-corrected chi connectivity index (χ0v) is 8.84. The van der Waals surface area contributed by atoms with Crippen molar-refractivity contribution in [1.29, 1.82) is 0 Å². The normalized spacial score (nSPS) is 25.6. The summed E-state index contributed by atoms with van der Waals surface area (Å²) in [6, 6.07) is 8.31. The lowest BCUT2D eigenvalue weighted by Crippen LogP contribution is -2.55. The molecule has 2 heteroatoms. The van der Waals surface area contributed by atoms with Gasteiger partial charge in [0.15, 0.2) is 0 Å². The molecule has 2 rings (SSSR count). The van der Waals surface area contributed by atoms with Crippen molar-refractivity contribution in [1.82, 2.24) is 5.32 Å². The van der Waals surface area contributed by atoms with E-state index >= 15 is 0 Å². The van der Waals surface area contributed by atoms with Crippen molar-refractivity contribution in [2.75, 3.05) is 13.7 Å². The molecule has 1 atom stereocenters. The molecule has 0 spiro atoms. The second-order valence-corrected chi connectivity index (χ2v) is 4.27. The van der Waals surface area contributed by atoms with Crippen LogP contribution in [0.1, 0.15) is 18.9 Å². The number of methoxy groups -OCH3 is 1. The second kappa shape index (κ2) is 3.62. The maximum Gasteiger partial charge on any atom is 0.119 e. The van der Waals surface area contributed by atoms with Crippen molar-refractivity contribution in [2.45, 2.75) is 25.3 Å². The van der Waals surface area contributed by atoms with E-state index < -0.39 is 0 Å². The Balaban J connectivity index is 2.08. The Hall–Kier alpha value is -1.02. The van der Waals surface area contributed by atoms with Gasteiger partial charge in [-0.05, 0) is 44.0 Å². The summed E-state index contributed by atoms with van der Waals surface area (Å²) in [5.41, 5.74) is 1.66. The summed E-state index contributed by atoms with van der Waals surface area (Å²) in [4.78, 5) is 0. The molecule has 1 aliphatic heterocycles. The first-order valence-corrected chi connectivity index (χ1v) is 5.10. The SMILES string of the molecule is COc1cccc(CC2(C)CCN2)c1. The fraction of sp³-hybridized carbons (Fsp3) is 0.500. The fourth-order valence-electron chi connectivity index (χ4n) is 1.94. The van der Waals surface area contributed by atoms with Gasteiger partial charge in [-0.15, -0.1) is 0 Å². The summed E-state index contributed by atoms with van der Waals surface area (Å²) < 4.78 is 5.20. The maximum atomic E-state index is 5.20. The monoisotopic (exact) mass is 191 g/mol. The summed E-state index contributed by atoms with van der Waals surface area (Å²) in [7, 11) is 1.71. The quantitative estimate of drug-likeness (QED) is 0.789. The van der Waals surface area contributed by atoms with Gasteiger partial charge in [0.1, 0.15) is 5.75 Å². The molecule has 1 N–H and O–H groups in total. The molecular formula is C12H17NO. The highest BCUT2D eigenvalue weighted by Crippen LogP contribution is 2.24. The number of benzene rings is 1. The molecule has 0 aliphatic carbocycles. The Morgan fingerprint density at radius 2 is 2.29 bits per heavy atom. The predicted octanol–water partition coefficient (Wildman–Crippen LogP) is 1.99. The van der Waals surface area contributed by atoms with Crippen LogP contribution in [0.3, 0.4) is 0 Å². The number of ether oxygens (including phenoxy) is 1. The van der Waals surface area contributed by atoms with Crippen LogP contribution in [0.2, 0.25) is 0 Å². The van der Waals surface area contributed by atoms with E-state index in [1.54, 1.807) is 7.11 Å². The van der Waals surface area contributed by atoms with Gasteiger partial charge in [-0.25, -0.2) is 0 Å². The van der Waals surface area contributed by atoms with Crippen LogP contribution in [-0.4, -0.2) is 19.2 Å². The average molecular weight is 191 g/mol. The molecule has 0 saturated carbocycles. The molecule has 1 unspecified atom stereocenters. The molecule has 0 bridgehead atoms. The topological polar surface area (TPSA) is 21.3 Å². The molecule has 1 fully saturated rings. The number of nitrogens with one attached hydrogen (secondary N) is 1. The Labute approximate surface area is 85.3 Å². The van der Waals surface area contributed by atoms with Gasteiger partial charge in [0.2, 0.25) is 0 Å². The van der Waals surface area contributed by atoms with E-state index in [2.05, 4.69) is 30.4 Å². The van der Waals surface area contributed by atoms with Crippen molar-refractivity contribution in [2.24, 2.45) is 0 Å². The van der Waals surface area contributed by atoms with E-state index in [-0.39, 0.29) is 0 Å². The number of hydrogen-bond acceptors (Lipinski definition) is 2. The molecule has 2 nitrogen and oxygen atoms in total. The standard InChI is InChI=1S/C12H17NO/c1-12(6-7-13-12)9-10-4-3-5-11(8-10)14-2/h3-5,8,13H,6-7,9H2,1-2H3. The van der Waals surface area contributed by atoms with Crippen LogP contribution in [0.15, 0.2) is 24.3 Å². The van der Waals surface area contributed by atoms with Gasteiger partial charge in [-0.3, -0.25) is 0 Å². The van der Waals surface area contributed by atoms with Crippen LogP contribution in [0.5, 0.6) is 5.75 Å². The Morgan fingerprint density at radius 1 is 1.50 bits per heavy atom. The first kappa shape index (κ1) is 9.53. The highest BCUT2D eigenvalue weighted by Gasteiger charge is 2.30. The molecule has 1 heterocycles. The Bertz CT molecular complexity index is 318. The summed E-state index contributed by atoms with van der Waals surface area (Å²) >= 11 is 0. The van der Waals surface area contributed by atoms with Crippen molar-refractivity contribution in [3.05, 3.63) is 29.8 Å². The lowest BCUT2D eigenvalue weighted by molar-refractivity contribution is 0.231. The molecule has 1 aromatic carbocycles. The van der Waals surface area contributed by atoms with Crippen molar-refractivity contribution in [3.63, 3.8) is 0 Å². The van der Waals surface area contributed by atoms with Crippen molar-refractivity contribution >= 4 is 0 Å². The number of rotatable bonds is 3. The van der Waals surface area contributed by atoms with Gasteiger partial charge in [-0.2, -0.15) is 0 Å². The Kier molecular flexibility index (Phi) is 2.46. The molecular weight excluding hydrogens is 174 g/mol. The van der Waals surface area contributed by atoms with Crippen molar-refractivity contribution in [3.8, 4) is 5.75 Å². The van der Waals surface area contributed by atoms with Gasteiger partial charge in [0.05, 0.1) is 7.11 Å². The number of hydrogen-bond donors (Lipinski definition) is 1. The first-order chi connectivity index (χ1) is 6.72. The lowest BCUT2D eigenvalue weighted by atomic mass is 9.84. The smallest absolute Gasteiger partial charge is 0.119 e. The van der Waals surface area contributed by atoms with E-state index in [1.807, 2.05) is 6.07 Å². The molecule has 0 amide bonds. The van der Waals surface area contributed by atoms with Crippen LogP contribution in [0, 0.1) is 0 Å². The van der Waals surface area contributed by atoms with E-state index in [4.69, 9.17) is 4.74 Å². The Morgan fingerprint density at radius 3 is 2.86 bits per heavy atom. The van der Waals surface area contributed by atoms with Crippen LogP contribution < -0.4 is 10.1 Å². The third-order valence-corrected chi connectivity index (χ3v) is 2.96. The summed E-state index contributed by atoms with van der Waals surface area (Å²) in [5.74, 6) is 0.949. The molecule has 1 aromatic rings. The van der Waals surface area contributed by atoms with Gasteiger partial charge in [0.25, 0.3) is 0 Å². The van der Waals surface area contributed by atoms with Crippen molar-refractivity contribution < 1.29 is 4.74 Å². The van der Waals surface area contributed by atoms with Crippen LogP contribution >= 0.6 is 0 Å². The van der Waals surface area contributed by atoms with E-state index in [0.717, 1.165) is 18.7 Å². The molecule has 14 heavy (non-hydrogen) atoms. The van der Waals surface area contributed by atoms with Gasteiger partial charge in [-0.1, -0.05) is 12.1 Å². The third kappa shape index (κ3) is 1.90. The highest BCUT2D eigenvalue weighted by atomic mass is 16.5. The van der Waals surface area contributed by atoms with Gasteiger partial charge < -0.3 is 10.1 Å². The zero-order valence-electron chi connectivity index (χ0n) is 8.84. The van der Waals surface area contributed by atoms with Crippen LogP contribution in [-0.2, 0) is 6.42 Å². The zero-order chi connectivity index (χ0) is 10.0. The lowest BCUT2D eigenvalue weighted by Gasteiger charge is -2.40. The minimum atomic E-state index is 0.312. The average Bonchev–Trinajstić information content (AvgIpc) is 2.16. The highest BCUT2D eigenvalue weighted by molar-refractivity contribution is 5.30. The minimum absolute atomic E-state index is 0.312. The third-order valence-electron chi connectivity index (χ3n) is 2.96. The molecule has 0 aromatic heterocycles. The summed E-state index contributed by atoms with van der Waals surface area (Å²) in [5, 5.41) is 3.47. The minimum Gasteiger partial charge on any atom is -0.497 e. The van der Waals surface area contributed by atoms with E-state index in [0.29, 0.717) is 5.54 Å². The largest absolute Gasteiger partial charge is 0.497 e. The predicted molar refractivity (Wildman–Crippen MR) is 57.7 cm³/mol. The van der Waals surface area contributed by atoms with Gasteiger partial charge >= 0.3 is 0 Å². The molecule has 0 radical (unpaired) electrons. The van der Waals surface area contributed by atoms with E-state index in [1.165, 1.54) is 12.0 Å². The molecule has 1 aliphatic rings. The molecule has 76 valence electrons. The summed E-state index contributed by atoms with van der Waals surface area (Å²) in [6.07, 6.45) is 2.36.